The van der Waals surface area contributed by atoms with Crippen LogP contribution in [0.25, 0.3) is 0 Å². The summed E-state index contributed by atoms with van der Waals surface area (Å²) in [5.41, 5.74) is 4.29. The molecule has 4 nitrogen and oxygen atoms in total. The van der Waals surface area contributed by atoms with Gasteiger partial charge < -0.3 is 17.0 Å². The Hall–Kier alpha value is -2.67. The summed E-state index contributed by atoms with van der Waals surface area (Å²) in [6.07, 6.45) is 5.30. The van der Waals surface area contributed by atoms with E-state index >= 15 is 0 Å². The van der Waals surface area contributed by atoms with Crippen LogP contribution >= 0.6 is 0 Å². The summed E-state index contributed by atoms with van der Waals surface area (Å²) in [6, 6.07) is 11.6. The maximum absolute atomic E-state index is 11.9. The average molecular weight is 576 g/mol. The third kappa shape index (κ3) is 18.6. The van der Waals surface area contributed by atoms with Crippen molar-refractivity contribution in [3.05, 3.63) is 113 Å². The number of benzene rings is 2. The quantitative estimate of drug-likeness (QED) is 0.147. The van der Waals surface area contributed by atoms with Crippen LogP contribution in [0.3, 0.4) is 0 Å². The molecule has 8 heteroatoms. The molecule has 2 rings (SSSR count). The van der Waals surface area contributed by atoms with Crippen molar-refractivity contribution in [1.29, 1.82) is 0 Å². The number of allylic oxidation sites excluding steroid dienone is 5. The molecule has 0 saturated heterocycles. The smallest absolute Gasteiger partial charge is 0.384 e. The fourth-order valence-electron chi connectivity index (χ4n) is 2.47. The molecule has 0 aliphatic rings. The van der Waals surface area contributed by atoms with Gasteiger partial charge in [-0.1, -0.05) is 54.7 Å². The molecule has 0 saturated carbocycles. The number of hydrogen-bond donors (Lipinski definition) is 1. The van der Waals surface area contributed by atoms with Gasteiger partial charge >= 0.3 is 57.6 Å². The summed E-state index contributed by atoms with van der Waals surface area (Å²) in [7, 11) is 1.54. The SMILES string of the molecule is C\C=C/C=C\C(C)=N\C=C(/C)C#Cc1cc(C(C)=O)ccc1C.Cc1cc[c-]c(C(F)(F)F)c1.[CH2-]C(=O)NC.[K+]. The molecular formula is C32H35F3KN2O2-. The molecule has 0 radical (unpaired) electrons. The monoisotopic (exact) mass is 575 g/mol. The number of hydrogen-bond acceptors (Lipinski definition) is 3. The molecule has 2 aromatic rings. The number of halogens is 3. The first-order valence-corrected chi connectivity index (χ1v) is 11.9. The average Bonchev–Trinajstić information content (AvgIpc) is 2.87. The van der Waals surface area contributed by atoms with Crippen molar-refractivity contribution in [2.45, 2.75) is 47.7 Å². The predicted octanol–water partition coefficient (Wildman–Crippen LogP) is 4.43. The van der Waals surface area contributed by atoms with Crippen molar-refractivity contribution in [2.24, 2.45) is 4.99 Å². The van der Waals surface area contributed by atoms with Crippen LogP contribution in [0.4, 0.5) is 13.2 Å². The maximum Gasteiger partial charge on any atom is 1.00 e. The molecule has 0 aromatic heterocycles. The van der Waals surface area contributed by atoms with Crippen LogP contribution in [0.1, 0.15) is 60.3 Å². The van der Waals surface area contributed by atoms with Gasteiger partial charge in [-0.25, -0.2) is 0 Å². The van der Waals surface area contributed by atoms with Crippen molar-refractivity contribution in [3.8, 4) is 11.8 Å². The first kappa shape index (κ1) is 39.5. The molecule has 1 amide bonds. The Balaban J connectivity index is 0. The van der Waals surface area contributed by atoms with Gasteiger partial charge in [-0.15, -0.1) is 0 Å². The van der Waals surface area contributed by atoms with Crippen molar-refractivity contribution in [1.82, 2.24) is 5.32 Å². The van der Waals surface area contributed by atoms with Gasteiger partial charge in [0.25, 0.3) is 0 Å². The number of alkyl halides is 3. The summed E-state index contributed by atoms with van der Waals surface area (Å²) in [5, 5.41) is 2.28. The van der Waals surface area contributed by atoms with Crippen LogP contribution in [0.2, 0.25) is 0 Å². The van der Waals surface area contributed by atoms with Gasteiger partial charge in [-0.2, -0.15) is 43.0 Å². The van der Waals surface area contributed by atoms with E-state index in [0.29, 0.717) is 11.1 Å². The third-order valence-electron chi connectivity index (χ3n) is 4.68. The van der Waals surface area contributed by atoms with E-state index in [-0.39, 0.29) is 63.1 Å². The normalized spacial score (nSPS) is 11.2. The second-order valence-corrected chi connectivity index (χ2v) is 8.25. The van der Waals surface area contributed by atoms with Gasteiger partial charge in [0.15, 0.2) is 5.78 Å². The van der Waals surface area contributed by atoms with E-state index in [4.69, 9.17) is 0 Å². The largest absolute Gasteiger partial charge is 1.00 e. The van der Waals surface area contributed by atoms with E-state index in [1.807, 2.05) is 70.2 Å². The van der Waals surface area contributed by atoms with E-state index < -0.39 is 11.7 Å². The van der Waals surface area contributed by atoms with Crippen LogP contribution in [0.15, 0.2) is 77.5 Å². The zero-order chi connectivity index (χ0) is 30.0. The molecular weight excluding hydrogens is 540 g/mol. The van der Waals surface area contributed by atoms with Gasteiger partial charge in [0, 0.05) is 35.7 Å². The maximum atomic E-state index is 11.9. The number of amides is 1. The van der Waals surface area contributed by atoms with Gasteiger partial charge in [-0.05, 0) is 52.3 Å². The molecule has 208 valence electrons. The molecule has 0 aliphatic heterocycles. The van der Waals surface area contributed by atoms with Crippen LogP contribution in [-0.2, 0) is 11.0 Å². The minimum atomic E-state index is -4.27. The van der Waals surface area contributed by atoms with E-state index in [1.165, 1.54) is 13.1 Å². The molecule has 0 heterocycles. The Morgan fingerprint density at radius 1 is 1.07 bits per heavy atom. The Morgan fingerprint density at radius 2 is 1.70 bits per heavy atom. The summed E-state index contributed by atoms with van der Waals surface area (Å²) in [4.78, 5) is 25.4. The first-order valence-electron chi connectivity index (χ1n) is 11.9. The molecule has 0 unspecified atom stereocenters. The van der Waals surface area contributed by atoms with Crippen molar-refractivity contribution < 1.29 is 74.1 Å². The number of Topliss-reactive ketones (excluding diaryl/α,β-unsaturated/α-hetero) is 1. The summed E-state index contributed by atoms with van der Waals surface area (Å²) in [6.45, 7) is 14.0. The standard InChI is InChI=1S/C21H23NO.C8H6F3.C3H6NO.K/c1-6-7-8-9-18(4)22-15-16(2)10-12-20-14-21(19(5)23)13-11-17(20)3;1-6-3-2-4-7(5-6)8(9,10)11;1-3(5)4-2;/h6-9,11,13-15H,1-5H3;2-3,5H,1H3;1H2,2H3,(H,4,5);/q;2*-1;+1/b7-6-,9-8-,16-15+,22-18+;;;. The van der Waals surface area contributed by atoms with Crippen molar-refractivity contribution in [3.63, 3.8) is 0 Å². The van der Waals surface area contributed by atoms with Crippen LogP contribution in [0.5, 0.6) is 0 Å². The molecule has 0 bridgehead atoms. The fraction of sp³-hybridized carbons (Fsp3) is 0.250. The second-order valence-electron chi connectivity index (χ2n) is 8.25. The number of ketones is 1. The topological polar surface area (TPSA) is 58.5 Å². The van der Waals surface area contributed by atoms with Gasteiger partial charge in [-0.3, -0.25) is 9.79 Å². The minimum Gasteiger partial charge on any atom is -0.384 e. The Morgan fingerprint density at radius 3 is 2.17 bits per heavy atom. The van der Waals surface area contributed by atoms with Gasteiger partial charge in [0.2, 0.25) is 0 Å². The number of nitrogens with zero attached hydrogens (tertiary/aromatic N) is 1. The van der Waals surface area contributed by atoms with Gasteiger partial charge in [0.1, 0.15) is 0 Å². The van der Waals surface area contributed by atoms with E-state index in [2.05, 4.69) is 35.1 Å². The van der Waals surface area contributed by atoms with Crippen LogP contribution in [-0.4, -0.2) is 24.4 Å². The fourth-order valence-corrected chi connectivity index (χ4v) is 2.47. The first-order chi connectivity index (χ1) is 18.2. The van der Waals surface area contributed by atoms with E-state index in [9.17, 15) is 22.8 Å². The molecule has 40 heavy (non-hydrogen) atoms. The molecule has 0 aliphatic carbocycles. The van der Waals surface area contributed by atoms with Crippen LogP contribution in [0, 0.1) is 38.7 Å². The number of aryl methyl sites for hydroxylation is 2. The zero-order valence-electron chi connectivity index (χ0n) is 24.5. The van der Waals surface area contributed by atoms with E-state index in [1.54, 1.807) is 26.1 Å². The summed E-state index contributed by atoms with van der Waals surface area (Å²) >= 11 is 0. The third-order valence-corrected chi connectivity index (χ3v) is 4.68. The Labute approximate surface area is 279 Å². The molecule has 0 spiro atoms. The Bertz CT molecular complexity index is 1300. The molecule has 2 aromatic carbocycles. The molecule has 0 atom stereocenters. The molecule has 0 fully saturated rings. The number of nitrogens with one attached hydrogen (secondary N) is 1. The second kappa shape index (κ2) is 21.1. The zero-order valence-corrected chi connectivity index (χ0v) is 27.6. The number of carbonyl (C=O) groups is 2. The van der Waals surface area contributed by atoms with E-state index in [0.717, 1.165) is 28.5 Å². The van der Waals surface area contributed by atoms with Gasteiger partial charge in [0.05, 0.1) is 5.91 Å². The predicted molar refractivity (Wildman–Crippen MR) is 153 cm³/mol. The minimum absolute atomic E-state index is 0. The number of aliphatic imine (C=N–C) groups is 1. The Kier molecular flexibility index (Phi) is 20.8. The van der Waals surface area contributed by atoms with Crippen molar-refractivity contribution >= 4 is 17.4 Å². The summed E-state index contributed by atoms with van der Waals surface area (Å²) < 4.78 is 35.8. The van der Waals surface area contributed by atoms with Crippen LogP contribution < -0.4 is 56.7 Å². The molecule has 1 N–H and O–H groups in total. The number of rotatable bonds is 4. The summed E-state index contributed by atoms with van der Waals surface area (Å²) in [5.74, 6) is 6.00. The number of carbonyl (C=O) groups excluding carboxylic acids is 2. The van der Waals surface area contributed by atoms with Crippen molar-refractivity contribution in [2.75, 3.05) is 7.05 Å².